The third kappa shape index (κ3) is 5.26. The van der Waals surface area contributed by atoms with Gasteiger partial charge < -0.3 is 14.2 Å². The van der Waals surface area contributed by atoms with Gasteiger partial charge in [-0.15, -0.1) is 6.58 Å². The van der Waals surface area contributed by atoms with E-state index in [1.54, 1.807) is 6.08 Å². The third-order valence-corrected chi connectivity index (χ3v) is 5.36. The molecule has 0 spiro atoms. The van der Waals surface area contributed by atoms with Crippen LogP contribution >= 0.6 is 0 Å². The lowest BCUT2D eigenvalue weighted by atomic mass is 9.83. The van der Waals surface area contributed by atoms with Gasteiger partial charge >= 0.3 is 0 Å². The molecule has 0 bridgehead atoms. The summed E-state index contributed by atoms with van der Waals surface area (Å²) in [6.45, 7) is 13.2. The molecule has 0 amide bonds. The zero-order chi connectivity index (χ0) is 21.1. The fourth-order valence-electron chi connectivity index (χ4n) is 3.79. The maximum absolute atomic E-state index is 14.5. The van der Waals surface area contributed by atoms with Gasteiger partial charge in [0.1, 0.15) is 17.3 Å². The van der Waals surface area contributed by atoms with Gasteiger partial charge in [-0.25, -0.2) is 4.39 Å². The SMILES string of the molecule is C=CCOC1(c2cc(F)cc(Oc3ccc(C(C)(C)C)cc3)c2)CCOC(C)C1. The zero-order valence-electron chi connectivity index (χ0n) is 17.8. The normalized spacial score (nSPS) is 22.3. The quantitative estimate of drug-likeness (QED) is 0.519. The molecule has 2 unspecified atom stereocenters. The molecule has 0 radical (unpaired) electrons. The summed E-state index contributed by atoms with van der Waals surface area (Å²) in [5.41, 5.74) is 1.45. The highest BCUT2D eigenvalue weighted by Gasteiger charge is 2.38. The summed E-state index contributed by atoms with van der Waals surface area (Å²) >= 11 is 0. The standard InChI is InChI=1S/C25H31FO3/c1-6-12-28-25(11-13-27-18(2)17-25)20-14-21(26)16-23(15-20)29-22-9-7-19(8-10-22)24(3,4)5/h6-10,14-16,18H,1,11-13,17H2,2-5H3. The molecule has 1 aliphatic heterocycles. The molecule has 0 aromatic heterocycles. The minimum atomic E-state index is -0.609. The lowest BCUT2D eigenvalue weighted by molar-refractivity contribution is -0.133. The second-order valence-corrected chi connectivity index (χ2v) is 8.78. The van der Waals surface area contributed by atoms with Crippen LogP contribution in [0.1, 0.15) is 51.7 Å². The molecular formula is C25H31FO3. The van der Waals surface area contributed by atoms with Gasteiger partial charge in [0.25, 0.3) is 0 Å². The molecule has 3 nitrogen and oxygen atoms in total. The number of ether oxygens (including phenoxy) is 3. The van der Waals surface area contributed by atoms with Crippen LogP contribution in [0.4, 0.5) is 4.39 Å². The first-order valence-corrected chi connectivity index (χ1v) is 10.2. The summed E-state index contributed by atoms with van der Waals surface area (Å²) in [6, 6.07) is 12.8. The maximum atomic E-state index is 14.5. The molecule has 156 valence electrons. The second kappa shape index (κ2) is 8.68. The number of benzene rings is 2. The molecule has 2 aromatic carbocycles. The molecule has 0 aliphatic carbocycles. The van der Waals surface area contributed by atoms with Gasteiger partial charge in [0.15, 0.2) is 0 Å². The molecule has 29 heavy (non-hydrogen) atoms. The highest BCUT2D eigenvalue weighted by Crippen LogP contribution is 2.40. The number of hydrogen-bond donors (Lipinski definition) is 0. The smallest absolute Gasteiger partial charge is 0.130 e. The van der Waals surface area contributed by atoms with E-state index in [-0.39, 0.29) is 17.3 Å². The Balaban J connectivity index is 1.89. The Morgan fingerprint density at radius 3 is 2.52 bits per heavy atom. The Hall–Kier alpha value is -2.17. The van der Waals surface area contributed by atoms with Gasteiger partial charge in [0, 0.05) is 18.9 Å². The van der Waals surface area contributed by atoms with Gasteiger partial charge in [-0.05, 0) is 47.7 Å². The minimum absolute atomic E-state index is 0.0335. The first kappa shape index (κ1) is 21.5. The lowest BCUT2D eigenvalue weighted by Crippen LogP contribution is -2.40. The third-order valence-electron chi connectivity index (χ3n) is 5.36. The van der Waals surface area contributed by atoms with E-state index in [1.807, 2.05) is 37.3 Å². The van der Waals surface area contributed by atoms with Crippen molar-refractivity contribution in [3.63, 3.8) is 0 Å². The van der Waals surface area contributed by atoms with Crippen LogP contribution in [0.15, 0.2) is 55.1 Å². The molecule has 0 saturated carbocycles. The van der Waals surface area contributed by atoms with Crippen LogP contribution in [0.2, 0.25) is 0 Å². The monoisotopic (exact) mass is 398 g/mol. The number of halogens is 1. The van der Waals surface area contributed by atoms with Crippen LogP contribution < -0.4 is 4.74 Å². The van der Waals surface area contributed by atoms with Crippen molar-refractivity contribution >= 4 is 0 Å². The van der Waals surface area contributed by atoms with Gasteiger partial charge in [-0.3, -0.25) is 0 Å². The average Bonchev–Trinajstić information content (AvgIpc) is 2.66. The average molecular weight is 399 g/mol. The zero-order valence-corrected chi connectivity index (χ0v) is 17.8. The topological polar surface area (TPSA) is 27.7 Å². The number of hydrogen-bond acceptors (Lipinski definition) is 3. The van der Waals surface area contributed by atoms with Gasteiger partial charge in [0.2, 0.25) is 0 Å². The summed E-state index contributed by atoms with van der Waals surface area (Å²) in [5.74, 6) is 0.796. The van der Waals surface area contributed by atoms with Crippen molar-refractivity contribution in [2.45, 2.75) is 57.7 Å². The predicted octanol–water partition coefficient (Wildman–Crippen LogP) is 6.51. The maximum Gasteiger partial charge on any atom is 0.130 e. The summed E-state index contributed by atoms with van der Waals surface area (Å²) in [7, 11) is 0. The summed E-state index contributed by atoms with van der Waals surface area (Å²) in [6.07, 6.45) is 3.07. The molecule has 0 N–H and O–H groups in total. The van der Waals surface area contributed by atoms with E-state index in [2.05, 4.69) is 27.4 Å². The van der Waals surface area contributed by atoms with E-state index in [1.165, 1.54) is 17.7 Å². The Kier molecular flexibility index (Phi) is 6.45. The molecular weight excluding hydrogens is 367 g/mol. The Bertz CT molecular complexity index is 838. The van der Waals surface area contributed by atoms with Crippen molar-refractivity contribution in [3.05, 3.63) is 72.1 Å². The molecule has 1 aliphatic rings. The summed E-state index contributed by atoms with van der Waals surface area (Å²) in [4.78, 5) is 0. The van der Waals surface area contributed by atoms with Crippen molar-refractivity contribution in [1.29, 1.82) is 0 Å². The predicted molar refractivity (Wildman–Crippen MR) is 114 cm³/mol. The van der Waals surface area contributed by atoms with Crippen LogP contribution in [0.3, 0.4) is 0 Å². The van der Waals surface area contributed by atoms with Gasteiger partial charge in [0.05, 0.1) is 24.9 Å². The van der Waals surface area contributed by atoms with E-state index in [0.717, 1.165) is 5.56 Å². The van der Waals surface area contributed by atoms with Crippen LogP contribution in [-0.4, -0.2) is 19.3 Å². The van der Waals surface area contributed by atoms with Crippen LogP contribution in [0.5, 0.6) is 11.5 Å². The van der Waals surface area contributed by atoms with Crippen LogP contribution in [-0.2, 0) is 20.5 Å². The molecule has 1 saturated heterocycles. The van der Waals surface area contributed by atoms with Gasteiger partial charge in [-0.1, -0.05) is 39.0 Å². The highest BCUT2D eigenvalue weighted by atomic mass is 19.1. The van der Waals surface area contributed by atoms with E-state index < -0.39 is 5.60 Å². The molecule has 4 heteroatoms. The van der Waals surface area contributed by atoms with E-state index in [4.69, 9.17) is 14.2 Å². The van der Waals surface area contributed by atoms with Crippen LogP contribution in [0, 0.1) is 5.82 Å². The van der Waals surface area contributed by atoms with Crippen LogP contribution in [0.25, 0.3) is 0 Å². The number of rotatable bonds is 6. The Morgan fingerprint density at radius 2 is 1.90 bits per heavy atom. The fraction of sp³-hybridized carbons (Fsp3) is 0.440. The van der Waals surface area contributed by atoms with E-state index in [0.29, 0.717) is 37.6 Å². The minimum Gasteiger partial charge on any atom is -0.457 e. The van der Waals surface area contributed by atoms with Crippen molar-refractivity contribution < 1.29 is 18.6 Å². The molecule has 3 rings (SSSR count). The molecule has 2 aromatic rings. The van der Waals surface area contributed by atoms with Crippen molar-refractivity contribution in [3.8, 4) is 11.5 Å². The summed E-state index contributed by atoms with van der Waals surface area (Å²) < 4.78 is 32.4. The van der Waals surface area contributed by atoms with E-state index in [9.17, 15) is 4.39 Å². The van der Waals surface area contributed by atoms with Crippen molar-refractivity contribution in [2.24, 2.45) is 0 Å². The molecule has 2 atom stereocenters. The van der Waals surface area contributed by atoms with Crippen molar-refractivity contribution in [1.82, 2.24) is 0 Å². The first-order chi connectivity index (χ1) is 13.7. The Labute approximate surface area is 173 Å². The highest BCUT2D eigenvalue weighted by molar-refractivity contribution is 5.39. The summed E-state index contributed by atoms with van der Waals surface area (Å²) in [5, 5.41) is 0. The van der Waals surface area contributed by atoms with Crippen molar-refractivity contribution in [2.75, 3.05) is 13.2 Å². The lowest BCUT2D eigenvalue weighted by Gasteiger charge is -2.40. The van der Waals surface area contributed by atoms with E-state index >= 15 is 0 Å². The molecule has 1 heterocycles. The Morgan fingerprint density at radius 1 is 1.17 bits per heavy atom. The first-order valence-electron chi connectivity index (χ1n) is 10.2. The fourth-order valence-corrected chi connectivity index (χ4v) is 3.79. The second-order valence-electron chi connectivity index (χ2n) is 8.78. The molecule has 1 fully saturated rings. The largest absolute Gasteiger partial charge is 0.457 e. The van der Waals surface area contributed by atoms with Gasteiger partial charge in [-0.2, -0.15) is 0 Å².